The Balaban J connectivity index is 2.13. The summed E-state index contributed by atoms with van der Waals surface area (Å²) in [6, 6.07) is 26.1. The van der Waals surface area contributed by atoms with Gasteiger partial charge >= 0.3 is 0 Å². The number of aromatic hydroxyl groups is 1. The second-order valence-corrected chi connectivity index (χ2v) is 6.97. The molecule has 3 aromatic rings. The lowest BCUT2D eigenvalue weighted by atomic mass is 9.88. The molecule has 0 bridgehead atoms. The van der Waals surface area contributed by atoms with E-state index < -0.39 is 0 Å². The third kappa shape index (κ3) is 4.81. The van der Waals surface area contributed by atoms with Crippen LogP contribution in [0.3, 0.4) is 0 Å². The van der Waals surface area contributed by atoms with Gasteiger partial charge in [-0.1, -0.05) is 77.5 Å². The normalized spacial score (nSPS) is 11.8. The summed E-state index contributed by atoms with van der Waals surface area (Å²) in [5.74, 6) is 1.13. The number of phenolic OH excluding ortho intramolecular Hbond substituents is 1. The maximum Gasteiger partial charge on any atom is 0.119 e. The van der Waals surface area contributed by atoms with Gasteiger partial charge in [-0.25, -0.2) is 0 Å². The van der Waals surface area contributed by atoms with Gasteiger partial charge in [-0.2, -0.15) is 0 Å². The molecule has 0 spiro atoms. The van der Waals surface area contributed by atoms with Crippen molar-refractivity contribution in [2.24, 2.45) is 0 Å². The molecule has 0 saturated carbocycles. The number of allylic oxidation sites excluding steroid dienone is 1. The van der Waals surface area contributed by atoms with Gasteiger partial charge in [0.15, 0.2) is 0 Å². The van der Waals surface area contributed by atoms with E-state index in [-0.39, 0.29) is 5.75 Å². The third-order valence-corrected chi connectivity index (χ3v) is 4.75. The average Bonchev–Trinajstić information content (AvgIpc) is 2.72. The standard InChI is InChI=1S/C24H23BrO2/c1-2-23(18-6-4-3-5-7-18)24(19-8-12-21(26)13-9-19)20-10-14-22(15-11-20)27-17-16-25/h3-15,26H,2,16-17H2,1H3/b24-23+. The Morgan fingerprint density at radius 3 is 1.96 bits per heavy atom. The van der Waals surface area contributed by atoms with E-state index in [1.54, 1.807) is 12.1 Å². The van der Waals surface area contributed by atoms with Crippen LogP contribution in [0.15, 0.2) is 78.9 Å². The zero-order valence-corrected chi connectivity index (χ0v) is 16.9. The first-order chi connectivity index (χ1) is 13.2. The Kier molecular flexibility index (Phi) is 6.72. The Labute approximate surface area is 169 Å². The molecule has 0 aromatic heterocycles. The Morgan fingerprint density at radius 1 is 0.815 bits per heavy atom. The summed E-state index contributed by atoms with van der Waals surface area (Å²) < 4.78 is 5.69. The molecule has 1 N–H and O–H groups in total. The van der Waals surface area contributed by atoms with Gasteiger partial charge in [-0.05, 0) is 58.5 Å². The van der Waals surface area contributed by atoms with E-state index in [2.05, 4.69) is 59.3 Å². The predicted molar refractivity (Wildman–Crippen MR) is 116 cm³/mol. The van der Waals surface area contributed by atoms with Crippen molar-refractivity contribution < 1.29 is 9.84 Å². The van der Waals surface area contributed by atoms with Gasteiger partial charge in [0.1, 0.15) is 11.5 Å². The van der Waals surface area contributed by atoms with Crippen molar-refractivity contribution in [2.45, 2.75) is 13.3 Å². The highest BCUT2D eigenvalue weighted by Gasteiger charge is 2.13. The number of hydrogen-bond acceptors (Lipinski definition) is 2. The topological polar surface area (TPSA) is 29.5 Å². The first kappa shape index (κ1) is 19.2. The Bertz CT molecular complexity index is 882. The summed E-state index contributed by atoms with van der Waals surface area (Å²) in [7, 11) is 0. The van der Waals surface area contributed by atoms with Gasteiger partial charge in [0.05, 0.1) is 6.61 Å². The zero-order chi connectivity index (χ0) is 19.1. The smallest absolute Gasteiger partial charge is 0.119 e. The molecular weight excluding hydrogens is 400 g/mol. The zero-order valence-electron chi connectivity index (χ0n) is 15.4. The minimum atomic E-state index is 0.273. The van der Waals surface area contributed by atoms with Crippen molar-refractivity contribution in [3.8, 4) is 11.5 Å². The lowest BCUT2D eigenvalue weighted by molar-refractivity contribution is 0.345. The fourth-order valence-electron chi connectivity index (χ4n) is 3.18. The van der Waals surface area contributed by atoms with Gasteiger partial charge in [-0.15, -0.1) is 0 Å². The maximum absolute atomic E-state index is 9.70. The van der Waals surface area contributed by atoms with Crippen LogP contribution >= 0.6 is 15.9 Å². The molecule has 2 nitrogen and oxygen atoms in total. The molecular formula is C24H23BrO2. The molecule has 0 heterocycles. The number of hydrogen-bond donors (Lipinski definition) is 1. The monoisotopic (exact) mass is 422 g/mol. The van der Waals surface area contributed by atoms with E-state index in [1.165, 1.54) is 16.7 Å². The highest BCUT2D eigenvalue weighted by atomic mass is 79.9. The van der Waals surface area contributed by atoms with Crippen LogP contribution in [-0.4, -0.2) is 17.0 Å². The van der Waals surface area contributed by atoms with E-state index in [0.717, 1.165) is 28.6 Å². The number of alkyl halides is 1. The highest BCUT2D eigenvalue weighted by Crippen LogP contribution is 2.35. The molecule has 0 amide bonds. The summed E-state index contributed by atoms with van der Waals surface area (Å²) in [4.78, 5) is 0. The van der Waals surface area contributed by atoms with Gasteiger partial charge in [0, 0.05) is 5.33 Å². The lowest BCUT2D eigenvalue weighted by Crippen LogP contribution is -1.98. The van der Waals surface area contributed by atoms with Crippen molar-refractivity contribution in [3.05, 3.63) is 95.6 Å². The van der Waals surface area contributed by atoms with E-state index in [4.69, 9.17) is 4.74 Å². The van der Waals surface area contributed by atoms with E-state index in [9.17, 15) is 5.11 Å². The van der Waals surface area contributed by atoms with Gasteiger partial charge < -0.3 is 9.84 Å². The van der Waals surface area contributed by atoms with Gasteiger partial charge in [-0.3, -0.25) is 0 Å². The third-order valence-electron chi connectivity index (χ3n) is 4.42. The molecule has 0 atom stereocenters. The highest BCUT2D eigenvalue weighted by molar-refractivity contribution is 9.09. The number of halogens is 1. The number of ether oxygens (including phenoxy) is 1. The van der Waals surface area contributed by atoms with Crippen LogP contribution in [0.5, 0.6) is 11.5 Å². The SMILES string of the molecule is CC/C(=C(/c1ccc(O)cc1)c1ccc(OCCBr)cc1)c1ccccc1. The second kappa shape index (κ2) is 9.43. The molecule has 27 heavy (non-hydrogen) atoms. The molecule has 138 valence electrons. The summed E-state index contributed by atoms with van der Waals surface area (Å²) in [5, 5.41) is 10.5. The van der Waals surface area contributed by atoms with Crippen LogP contribution in [0.2, 0.25) is 0 Å². The molecule has 0 radical (unpaired) electrons. The van der Waals surface area contributed by atoms with Crippen LogP contribution < -0.4 is 4.74 Å². The van der Waals surface area contributed by atoms with E-state index >= 15 is 0 Å². The van der Waals surface area contributed by atoms with E-state index in [1.807, 2.05) is 30.3 Å². The minimum absolute atomic E-state index is 0.273. The largest absolute Gasteiger partial charge is 0.508 e. The molecule has 0 aliphatic rings. The average molecular weight is 423 g/mol. The van der Waals surface area contributed by atoms with Crippen LogP contribution in [-0.2, 0) is 0 Å². The Hall–Kier alpha value is -2.52. The summed E-state index contributed by atoms with van der Waals surface area (Å²) in [6.45, 7) is 2.82. The molecule has 0 unspecified atom stereocenters. The first-order valence-electron chi connectivity index (χ1n) is 9.10. The van der Waals surface area contributed by atoms with Crippen molar-refractivity contribution in [1.29, 1.82) is 0 Å². The molecule has 3 aromatic carbocycles. The fourth-order valence-corrected chi connectivity index (χ4v) is 3.34. The van der Waals surface area contributed by atoms with Crippen LogP contribution in [0.4, 0.5) is 0 Å². The van der Waals surface area contributed by atoms with Crippen LogP contribution in [0.1, 0.15) is 30.0 Å². The van der Waals surface area contributed by atoms with Crippen molar-refractivity contribution in [2.75, 3.05) is 11.9 Å². The van der Waals surface area contributed by atoms with Crippen molar-refractivity contribution in [1.82, 2.24) is 0 Å². The maximum atomic E-state index is 9.70. The molecule has 0 aliphatic heterocycles. The van der Waals surface area contributed by atoms with Crippen LogP contribution in [0, 0.1) is 0 Å². The fraction of sp³-hybridized carbons (Fsp3) is 0.167. The summed E-state index contributed by atoms with van der Waals surface area (Å²) >= 11 is 3.38. The van der Waals surface area contributed by atoms with Crippen molar-refractivity contribution in [3.63, 3.8) is 0 Å². The second-order valence-electron chi connectivity index (χ2n) is 6.18. The summed E-state index contributed by atoms with van der Waals surface area (Å²) in [5.41, 5.74) is 5.88. The van der Waals surface area contributed by atoms with Gasteiger partial charge in [0.2, 0.25) is 0 Å². The molecule has 0 fully saturated rings. The first-order valence-corrected chi connectivity index (χ1v) is 10.2. The lowest BCUT2D eigenvalue weighted by Gasteiger charge is -2.17. The molecule has 0 aliphatic carbocycles. The van der Waals surface area contributed by atoms with Crippen molar-refractivity contribution >= 4 is 27.1 Å². The quantitative estimate of drug-likeness (QED) is 0.346. The summed E-state index contributed by atoms with van der Waals surface area (Å²) in [6.07, 6.45) is 0.905. The molecule has 3 heteroatoms. The molecule has 0 saturated heterocycles. The van der Waals surface area contributed by atoms with Gasteiger partial charge in [0.25, 0.3) is 0 Å². The molecule has 3 rings (SSSR count). The Morgan fingerprint density at radius 2 is 1.41 bits per heavy atom. The van der Waals surface area contributed by atoms with E-state index in [0.29, 0.717) is 6.61 Å². The number of rotatable bonds is 7. The van der Waals surface area contributed by atoms with Crippen LogP contribution in [0.25, 0.3) is 11.1 Å². The number of phenols is 1. The number of benzene rings is 3. The predicted octanol–water partition coefficient (Wildman–Crippen LogP) is 6.54. The minimum Gasteiger partial charge on any atom is -0.508 e.